The van der Waals surface area contributed by atoms with E-state index < -0.39 is 0 Å². The van der Waals surface area contributed by atoms with E-state index in [0.29, 0.717) is 0 Å². The second kappa shape index (κ2) is 5.25. The first-order valence-electron chi connectivity index (χ1n) is 6.22. The van der Waals surface area contributed by atoms with Gasteiger partial charge in [0.15, 0.2) is 0 Å². The van der Waals surface area contributed by atoms with E-state index in [0.717, 1.165) is 23.3 Å². The molecule has 0 saturated heterocycles. The average Bonchev–Trinajstić information content (AvgIpc) is 2.80. The van der Waals surface area contributed by atoms with Gasteiger partial charge in [0.05, 0.1) is 13.0 Å². The molecule has 2 atom stereocenters. The number of benzene rings is 1. The topological polar surface area (TPSA) is 35.5 Å². The summed E-state index contributed by atoms with van der Waals surface area (Å²) in [5.74, 6) is 0.615. The molecule has 2 rings (SSSR count). The van der Waals surface area contributed by atoms with E-state index in [1.165, 1.54) is 0 Å². The van der Waals surface area contributed by atoms with Crippen molar-refractivity contribution in [2.45, 2.75) is 26.4 Å². The van der Waals surface area contributed by atoms with Crippen LogP contribution in [0.4, 0.5) is 0 Å². The van der Waals surface area contributed by atoms with Crippen molar-refractivity contribution in [1.29, 1.82) is 0 Å². The van der Waals surface area contributed by atoms with E-state index in [1.54, 1.807) is 7.11 Å². The van der Waals surface area contributed by atoms with Gasteiger partial charge in [0.1, 0.15) is 11.9 Å². The number of hydrogen-bond acceptors (Lipinski definition) is 3. The number of carbonyl (C=O) groups excluding carboxylic acids is 1. The summed E-state index contributed by atoms with van der Waals surface area (Å²) in [4.78, 5) is 11.8. The van der Waals surface area contributed by atoms with Crippen molar-refractivity contribution >= 4 is 12.0 Å². The van der Waals surface area contributed by atoms with Crippen LogP contribution in [0.15, 0.2) is 24.3 Å². The molecule has 0 heterocycles. The van der Waals surface area contributed by atoms with E-state index in [9.17, 15) is 4.79 Å². The fourth-order valence-corrected chi connectivity index (χ4v) is 1.89. The molecule has 0 N–H and O–H groups in total. The van der Waals surface area contributed by atoms with Crippen molar-refractivity contribution in [1.82, 2.24) is 0 Å². The van der Waals surface area contributed by atoms with Crippen molar-refractivity contribution < 1.29 is 14.3 Å². The number of methoxy groups -OCH3 is 1. The molecule has 1 aliphatic rings. The maximum absolute atomic E-state index is 11.8. The Morgan fingerprint density at radius 3 is 2.89 bits per heavy atom. The van der Waals surface area contributed by atoms with Crippen molar-refractivity contribution in [3.63, 3.8) is 0 Å². The minimum Gasteiger partial charge on any atom is -0.497 e. The highest BCUT2D eigenvalue weighted by Gasteiger charge is 2.23. The lowest BCUT2D eigenvalue weighted by molar-refractivity contribution is -0.151. The van der Waals surface area contributed by atoms with Gasteiger partial charge in [-0.15, -0.1) is 0 Å². The predicted octanol–water partition coefficient (Wildman–Crippen LogP) is 3.35. The SMILES string of the molecule is CCC(C)C(=O)OC1C=Cc2cc(OC)ccc21. The Bertz CT molecular complexity index is 477. The molecule has 1 aromatic rings. The van der Waals surface area contributed by atoms with Crippen LogP contribution in [0.1, 0.15) is 37.5 Å². The van der Waals surface area contributed by atoms with E-state index in [2.05, 4.69) is 0 Å². The zero-order chi connectivity index (χ0) is 13.1. The Morgan fingerprint density at radius 1 is 1.44 bits per heavy atom. The molecule has 0 saturated carbocycles. The third-order valence-electron chi connectivity index (χ3n) is 3.31. The molecule has 0 amide bonds. The van der Waals surface area contributed by atoms with Crippen LogP contribution in [0.2, 0.25) is 0 Å². The van der Waals surface area contributed by atoms with Gasteiger partial charge in [0.2, 0.25) is 0 Å². The predicted molar refractivity (Wildman–Crippen MR) is 70.3 cm³/mol. The van der Waals surface area contributed by atoms with E-state index >= 15 is 0 Å². The lowest BCUT2D eigenvalue weighted by Gasteiger charge is -2.15. The number of rotatable bonds is 4. The number of carbonyl (C=O) groups is 1. The Kier molecular flexibility index (Phi) is 3.70. The Balaban J connectivity index is 2.13. The molecule has 18 heavy (non-hydrogen) atoms. The molecule has 0 fully saturated rings. The smallest absolute Gasteiger partial charge is 0.309 e. The van der Waals surface area contributed by atoms with Gasteiger partial charge in [-0.1, -0.05) is 26.0 Å². The summed E-state index contributed by atoms with van der Waals surface area (Å²) in [6.45, 7) is 3.87. The first kappa shape index (κ1) is 12.7. The van der Waals surface area contributed by atoms with Gasteiger partial charge in [-0.05, 0) is 30.2 Å². The van der Waals surface area contributed by atoms with Gasteiger partial charge in [-0.25, -0.2) is 0 Å². The molecule has 96 valence electrons. The summed E-state index contributed by atoms with van der Waals surface area (Å²) in [5.41, 5.74) is 2.07. The highest BCUT2D eigenvalue weighted by molar-refractivity contribution is 5.74. The minimum absolute atomic E-state index is 0.0549. The van der Waals surface area contributed by atoms with Crippen LogP contribution < -0.4 is 4.74 Å². The van der Waals surface area contributed by atoms with Crippen LogP contribution in [0.25, 0.3) is 6.08 Å². The zero-order valence-corrected chi connectivity index (χ0v) is 11.0. The van der Waals surface area contributed by atoms with Crippen LogP contribution in [0.3, 0.4) is 0 Å². The Hall–Kier alpha value is -1.77. The summed E-state index contributed by atoms with van der Waals surface area (Å²) in [5, 5.41) is 0. The Labute approximate surface area is 107 Å². The normalized spacial score (nSPS) is 18.3. The first-order valence-corrected chi connectivity index (χ1v) is 6.22. The summed E-state index contributed by atoms with van der Waals surface area (Å²) >= 11 is 0. The number of hydrogen-bond donors (Lipinski definition) is 0. The molecule has 3 heteroatoms. The third-order valence-corrected chi connectivity index (χ3v) is 3.31. The number of fused-ring (bicyclic) bond motifs is 1. The lowest BCUT2D eigenvalue weighted by atomic mass is 10.1. The average molecular weight is 246 g/mol. The van der Waals surface area contributed by atoms with E-state index in [1.807, 2.05) is 44.2 Å². The van der Waals surface area contributed by atoms with Crippen molar-refractivity contribution in [2.24, 2.45) is 5.92 Å². The fraction of sp³-hybridized carbons (Fsp3) is 0.400. The third kappa shape index (κ3) is 2.40. The Morgan fingerprint density at radius 2 is 2.22 bits per heavy atom. The lowest BCUT2D eigenvalue weighted by Crippen LogP contribution is -2.16. The molecule has 0 bridgehead atoms. The quantitative estimate of drug-likeness (QED) is 0.764. The molecular weight excluding hydrogens is 228 g/mol. The first-order chi connectivity index (χ1) is 8.65. The van der Waals surface area contributed by atoms with Gasteiger partial charge in [0, 0.05) is 5.56 Å². The van der Waals surface area contributed by atoms with Crippen LogP contribution in [0.5, 0.6) is 5.75 Å². The van der Waals surface area contributed by atoms with Crippen molar-refractivity contribution in [2.75, 3.05) is 7.11 Å². The van der Waals surface area contributed by atoms with Gasteiger partial charge in [-0.2, -0.15) is 0 Å². The summed E-state index contributed by atoms with van der Waals surface area (Å²) in [6, 6.07) is 5.78. The van der Waals surface area contributed by atoms with E-state index in [-0.39, 0.29) is 18.0 Å². The summed E-state index contributed by atoms with van der Waals surface area (Å²) in [7, 11) is 1.64. The van der Waals surface area contributed by atoms with Crippen molar-refractivity contribution in [3.8, 4) is 5.75 Å². The molecule has 0 radical (unpaired) electrons. The fourth-order valence-electron chi connectivity index (χ4n) is 1.89. The maximum atomic E-state index is 11.8. The number of esters is 1. The molecule has 0 aliphatic heterocycles. The molecule has 1 aromatic carbocycles. The van der Waals surface area contributed by atoms with Gasteiger partial charge in [0.25, 0.3) is 0 Å². The van der Waals surface area contributed by atoms with Gasteiger partial charge in [-0.3, -0.25) is 4.79 Å². The van der Waals surface area contributed by atoms with Crippen LogP contribution in [0, 0.1) is 5.92 Å². The molecule has 1 aliphatic carbocycles. The van der Waals surface area contributed by atoms with Crippen LogP contribution in [-0.2, 0) is 9.53 Å². The largest absolute Gasteiger partial charge is 0.497 e. The molecule has 2 unspecified atom stereocenters. The highest BCUT2D eigenvalue weighted by Crippen LogP contribution is 2.33. The highest BCUT2D eigenvalue weighted by atomic mass is 16.5. The second-order valence-electron chi connectivity index (χ2n) is 4.52. The summed E-state index contributed by atoms with van der Waals surface area (Å²) < 4.78 is 10.7. The van der Waals surface area contributed by atoms with Gasteiger partial charge < -0.3 is 9.47 Å². The minimum atomic E-state index is -0.257. The maximum Gasteiger partial charge on any atom is 0.309 e. The monoisotopic (exact) mass is 246 g/mol. The van der Waals surface area contributed by atoms with Gasteiger partial charge >= 0.3 is 5.97 Å². The molecule has 3 nitrogen and oxygen atoms in total. The standard InChI is InChI=1S/C15H18O3/c1-4-10(2)15(16)18-14-8-5-11-9-12(17-3)6-7-13(11)14/h5-10,14H,4H2,1-3H3. The van der Waals surface area contributed by atoms with Crippen LogP contribution in [-0.4, -0.2) is 13.1 Å². The zero-order valence-electron chi connectivity index (χ0n) is 11.0. The molecular formula is C15H18O3. The molecule has 0 aromatic heterocycles. The molecule has 0 spiro atoms. The second-order valence-corrected chi connectivity index (χ2v) is 4.52. The van der Waals surface area contributed by atoms with Crippen LogP contribution >= 0.6 is 0 Å². The van der Waals surface area contributed by atoms with Crippen molar-refractivity contribution in [3.05, 3.63) is 35.4 Å². The summed E-state index contributed by atoms with van der Waals surface area (Å²) in [6.07, 6.45) is 4.41. The van der Waals surface area contributed by atoms with E-state index in [4.69, 9.17) is 9.47 Å². The number of ether oxygens (including phenoxy) is 2.